The Balaban J connectivity index is 2.29. The van der Waals surface area contributed by atoms with E-state index in [1.807, 2.05) is 0 Å². The van der Waals surface area contributed by atoms with Gasteiger partial charge in [-0.25, -0.2) is 0 Å². The van der Waals surface area contributed by atoms with Gasteiger partial charge in [-0.1, -0.05) is 0 Å². The molecule has 0 radical (unpaired) electrons. The number of carboxylic acids is 1. The third kappa shape index (κ3) is 4.61. The molecular weight excluding hydrogens is 220 g/mol. The molecule has 0 heterocycles. The zero-order valence-corrected chi connectivity index (χ0v) is 9.50. The molecule has 1 aliphatic carbocycles. The van der Waals surface area contributed by atoms with E-state index in [4.69, 9.17) is 5.11 Å². The predicted molar refractivity (Wildman–Crippen MR) is 53.9 cm³/mol. The maximum Gasteiger partial charge on any atom is 0.306 e. The molecule has 0 unspecified atom stereocenters. The van der Waals surface area contributed by atoms with Crippen molar-refractivity contribution in [1.29, 1.82) is 0 Å². The third-order valence-corrected chi connectivity index (χ3v) is 3.28. The first-order valence-corrected chi connectivity index (χ1v) is 6.77. The Morgan fingerprint density at radius 3 is 2.27 bits per heavy atom. The van der Waals surface area contributed by atoms with Crippen LogP contribution in [0, 0.1) is 11.8 Å². The van der Waals surface area contributed by atoms with Crippen LogP contribution in [-0.4, -0.2) is 32.4 Å². The Morgan fingerprint density at radius 2 is 1.87 bits per heavy atom. The molecule has 0 atom stereocenters. The predicted octanol–water partition coefficient (Wildman–Crippen LogP) is 0.854. The fourth-order valence-corrected chi connectivity index (χ4v) is 2.24. The lowest BCUT2D eigenvalue weighted by molar-refractivity contribution is -0.143. The minimum atomic E-state index is -3.37. The maximum atomic E-state index is 10.7. The number of hydrogen-bond acceptors (Lipinski definition) is 4. The maximum absolute atomic E-state index is 10.7. The van der Waals surface area contributed by atoms with Gasteiger partial charge < -0.3 is 5.11 Å². The smallest absolute Gasteiger partial charge is 0.306 e. The van der Waals surface area contributed by atoms with Crippen LogP contribution in [0.5, 0.6) is 0 Å². The van der Waals surface area contributed by atoms with Gasteiger partial charge in [0.05, 0.1) is 18.8 Å². The standard InChI is InChI=1S/C9H16O5S/c1-15(12,13)14-6-7-2-4-8(5-3-7)9(10)11/h7-8H,2-6H2,1H3,(H,10,11)/t7-,8+. The van der Waals surface area contributed by atoms with Crippen molar-refractivity contribution >= 4 is 16.1 Å². The van der Waals surface area contributed by atoms with E-state index in [0.29, 0.717) is 12.8 Å². The Kier molecular flexibility index (Phi) is 4.10. The molecule has 1 fully saturated rings. The molecule has 1 N–H and O–H groups in total. The van der Waals surface area contributed by atoms with Gasteiger partial charge in [-0.05, 0) is 31.6 Å². The largest absolute Gasteiger partial charge is 0.481 e. The van der Waals surface area contributed by atoms with E-state index in [2.05, 4.69) is 4.18 Å². The van der Waals surface area contributed by atoms with Gasteiger partial charge in [0.15, 0.2) is 0 Å². The highest BCUT2D eigenvalue weighted by molar-refractivity contribution is 7.85. The normalized spacial score (nSPS) is 27.5. The summed E-state index contributed by atoms with van der Waals surface area (Å²) in [5.41, 5.74) is 0. The van der Waals surface area contributed by atoms with Crippen molar-refractivity contribution in [2.75, 3.05) is 12.9 Å². The second kappa shape index (κ2) is 4.94. The van der Waals surface area contributed by atoms with E-state index in [1.54, 1.807) is 0 Å². The summed E-state index contributed by atoms with van der Waals surface area (Å²) in [7, 11) is -3.37. The molecule has 0 aromatic rings. The summed E-state index contributed by atoms with van der Waals surface area (Å²) in [5, 5.41) is 8.76. The average Bonchev–Trinajstić information content (AvgIpc) is 2.14. The van der Waals surface area contributed by atoms with E-state index >= 15 is 0 Å². The molecular formula is C9H16O5S. The lowest BCUT2D eigenvalue weighted by atomic mass is 9.82. The van der Waals surface area contributed by atoms with E-state index in [-0.39, 0.29) is 18.4 Å². The lowest BCUT2D eigenvalue weighted by Crippen LogP contribution is -2.24. The fraction of sp³-hybridized carbons (Fsp3) is 0.889. The highest BCUT2D eigenvalue weighted by Crippen LogP contribution is 2.29. The van der Waals surface area contributed by atoms with Crippen LogP contribution < -0.4 is 0 Å². The van der Waals surface area contributed by atoms with Gasteiger partial charge in [-0.15, -0.1) is 0 Å². The van der Waals surface area contributed by atoms with E-state index in [1.165, 1.54) is 0 Å². The Hall–Kier alpha value is -0.620. The summed E-state index contributed by atoms with van der Waals surface area (Å²) in [6.45, 7) is 0.186. The molecule has 1 rings (SSSR count). The zero-order valence-electron chi connectivity index (χ0n) is 8.68. The van der Waals surface area contributed by atoms with Gasteiger partial charge in [-0.2, -0.15) is 8.42 Å². The molecule has 0 spiro atoms. The molecule has 0 bridgehead atoms. The molecule has 0 aromatic heterocycles. The minimum absolute atomic E-state index is 0.176. The third-order valence-electron chi connectivity index (χ3n) is 2.71. The highest BCUT2D eigenvalue weighted by atomic mass is 32.2. The fourth-order valence-electron chi connectivity index (χ4n) is 1.80. The van der Waals surface area contributed by atoms with E-state index in [0.717, 1.165) is 19.1 Å². The summed E-state index contributed by atoms with van der Waals surface area (Å²) >= 11 is 0. The van der Waals surface area contributed by atoms with Crippen molar-refractivity contribution in [1.82, 2.24) is 0 Å². The Bertz CT molecular complexity index is 313. The summed E-state index contributed by atoms with van der Waals surface area (Å²) in [6, 6.07) is 0. The first-order valence-electron chi connectivity index (χ1n) is 4.95. The molecule has 0 saturated heterocycles. The van der Waals surface area contributed by atoms with Crippen LogP contribution in [0.2, 0.25) is 0 Å². The topological polar surface area (TPSA) is 80.7 Å². The van der Waals surface area contributed by atoms with Crippen molar-refractivity contribution < 1.29 is 22.5 Å². The zero-order chi connectivity index (χ0) is 11.5. The van der Waals surface area contributed by atoms with Crippen LogP contribution in [0.15, 0.2) is 0 Å². The number of aliphatic carboxylic acids is 1. The SMILES string of the molecule is CS(=O)(=O)OC[C@H]1CC[C@@H](C(=O)O)CC1. The van der Waals surface area contributed by atoms with Crippen molar-refractivity contribution in [3.05, 3.63) is 0 Å². The monoisotopic (exact) mass is 236 g/mol. The molecule has 88 valence electrons. The van der Waals surface area contributed by atoms with Crippen molar-refractivity contribution in [3.63, 3.8) is 0 Å². The minimum Gasteiger partial charge on any atom is -0.481 e. The molecule has 1 saturated carbocycles. The van der Waals surface area contributed by atoms with Crippen LogP contribution >= 0.6 is 0 Å². The summed E-state index contributed by atoms with van der Waals surface area (Å²) in [6.07, 6.45) is 3.72. The van der Waals surface area contributed by atoms with Crippen LogP contribution in [0.1, 0.15) is 25.7 Å². The molecule has 0 aliphatic heterocycles. The van der Waals surface area contributed by atoms with Gasteiger partial charge in [0.1, 0.15) is 0 Å². The van der Waals surface area contributed by atoms with Gasteiger partial charge >= 0.3 is 5.97 Å². The quantitative estimate of drug-likeness (QED) is 0.732. The van der Waals surface area contributed by atoms with E-state index in [9.17, 15) is 13.2 Å². The van der Waals surface area contributed by atoms with Gasteiger partial charge in [-0.3, -0.25) is 8.98 Å². The van der Waals surface area contributed by atoms with E-state index < -0.39 is 16.1 Å². The first-order chi connectivity index (χ1) is 6.88. The van der Waals surface area contributed by atoms with Crippen LogP contribution in [0.3, 0.4) is 0 Å². The molecule has 0 aromatic carbocycles. The number of carboxylic acid groups (broad SMARTS) is 1. The number of hydrogen-bond donors (Lipinski definition) is 1. The van der Waals surface area contributed by atoms with Crippen LogP contribution in [0.25, 0.3) is 0 Å². The van der Waals surface area contributed by atoms with Crippen LogP contribution in [0.4, 0.5) is 0 Å². The highest BCUT2D eigenvalue weighted by Gasteiger charge is 2.26. The Morgan fingerprint density at radius 1 is 1.33 bits per heavy atom. The number of carbonyl (C=O) groups is 1. The van der Waals surface area contributed by atoms with Crippen molar-refractivity contribution in [2.45, 2.75) is 25.7 Å². The van der Waals surface area contributed by atoms with Gasteiger partial charge in [0.2, 0.25) is 0 Å². The van der Waals surface area contributed by atoms with Gasteiger partial charge in [0.25, 0.3) is 10.1 Å². The molecule has 0 amide bonds. The van der Waals surface area contributed by atoms with Crippen molar-refractivity contribution in [3.8, 4) is 0 Å². The molecule has 6 heteroatoms. The number of rotatable bonds is 4. The van der Waals surface area contributed by atoms with Crippen LogP contribution in [-0.2, 0) is 19.1 Å². The molecule has 5 nitrogen and oxygen atoms in total. The molecule has 15 heavy (non-hydrogen) atoms. The van der Waals surface area contributed by atoms with Crippen molar-refractivity contribution in [2.24, 2.45) is 11.8 Å². The Labute approximate surface area is 89.6 Å². The second-order valence-electron chi connectivity index (χ2n) is 4.04. The average molecular weight is 236 g/mol. The summed E-state index contributed by atoms with van der Waals surface area (Å²) in [4.78, 5) is 10.7. The second-order valence-corrected chi connectivity index (χ2v) is 5.69. The summed E-state index contributed by atoms with van der Waals surface area (Å²) < 4.78 is 26.1. The lowest BCUT2D eigenvalue weighted by Gasteiger charge is -2.25. The summed E-state index contributed by atoms with van der Waals surface area (Å²) in [5.74, 6) is -0.840. The van der Waals surface area contributed by atoms with Gasteiger partial charge in [0, 0.05) is 0 Å². The first kappa shape index (κ1) is 12.4. The molecule has 1 aliphatic rings.